The molecule has 0 aliphatic carbocycles. The predicted octanol–water partition coefficient (Wildman–Crippen LogP) is 3.29. The second-order valence-electron chi connectivity index (χ2n) is 7.02. The highest BCUT2D eigenvalue weighted by molar-refractivity contribution is 5.85. The van der Waals surface area contributed by atoms with Crippen molar-refractivity contribution in [2.45, 2.75) is 31.7 Å². The van der Waals surface area contributed by atoms with E-state index in [9.17, 15) is 17.6 Å². The van der Waals surface area contributed by atoms with Gasteiger partial charge < -0.3 is 15.2 Å². The van der Waals surface area contributed by atoms with Gasteiger partial charge in [0.25, 0.3) is 0 Å². The minimum atomic E-state index is -1.04. The number of hydrogen-bond donors (Lipinski definition) is 2. The Hall–Kier alpha value is -2.45. The van der Waals surface area contributed by atoms with Gasteiger partial charge >= 0.3 is 0 Å². The summed E-state index contributed by atoms with van der Waals surface area (Å²) in [6, 6.07) is 4.69. The zero-order valence-electron chi connectivity index (χ0n) is 15.1. The van der Waals surface area contributed by atoms with Crippen molar-refractivity contribution in [1.29, 1.82) is 0 Å². The Bertz CT molecular complexity index is 988. The summed E-state index contributed by atoms with van der Waals surface area (Å²) in [7, 11) is 0. The minimum Gasteiger partial charge on any atom is -0.340 e. The highest BCUT2D eigenvalue weighted by atomic mass is 19.1. The van der Waals surface area contributed by atoms with Crippen LogP contribution in [-0.4, -0.2) is 34.9 Å². The summed E-state index contributed by atoms with van der Waals surface area (Å²) in [4.78, 5) is 3.51. The average molecular weight is 392 g/mol. The molecule has 1 fully saturated rings. The first-order chi connectivity index (χ1) is 13.5. The van der Waals surface area contributed by atoms with E-state index in [-0.39, 0.29) is 36.6 Å². The molecule has 1 aliphatic heterocycles. The second kappa shape index (κ2) is 7.89. The van der Waals surface area contributed by atoms with E-state index in [0.29, 0.717) is 24.1 Å². The Morgan fingerprint density at radius 3 is 2.79 bits per heavy atom. The van der Waals surface area contributed by atoms with Crippen molar-refractivity contribution in [3.8, 4) is 0 Å². The van der Waals surface area contributed by atoms with Gasteiger partial charge in [0, 0.05) is 43.5 Å². The van der Waals surface area contributed by atoms with E-state index in [4.69, 9.17) is 0 Å². The summed E-state index contributed by atoms with van der Waals surface area (Å²) in [5.41, 5.74) is 1.22. The molecule has 2 unspecified atom stereocenters. The van der Waals surface area contributed by atoms with E-state index in [1.165, 1.54) is 12.3 Å². The third kappa shape index (κ3) is 3.74. The first-order valence-corrected chi connectivity index (χ1v) is 9.17. The van der Waals surface area contributed by atoms with Crippen LogP contribution in [0.4, 0.5) is 17.6 Å². The van der Waals surface area contributed by atoms with Crippen molar-refractivity contribution in [3.63, 3.8) is 0 Å². The number of fused-ring (bicyclic) bond motifs is 1. The summed E-state index contributed by atoms with van der Waals surface area (Å²) in [6.07, 6.45) is 2.54. The Balaban J connectivity index is 1.67. The highest BCUT2D eigenvalue weighted by Gasteiger charge is 2.25. The Kier molecular flexibility index (Phi) is 5.32. The predicted molar refractivity (Wildman–Crippen MR) is 98.2 cm³/mol. The van der Waals surface area contributed by atoms with Crippen LogP contribution in [0.25, 0.3) is 10.9 Å². The Morgan fingerprint density at radius 1 is 1.18 bits per heavy atom. The standard InChI is InChI=1S/C20H20F4N4/c21-14-1-2-15(22)20-19(14)13(8-27-17-4-5-25-9-16(17)23)11-28(20)10-12-3-6-26-18(24)7-12/h1-3,6-7,11,16-17,25,27H,4-5,8-10H2. The molecule has 28 heavy (non-hydrogen) atoms. The van der Waals surface area contributed by atoms with Gasteiger partial charge in [-0.1, -0.05) is 0 Å². The zero-order valence-corrected chi connectivity index (χ0v) is 15.1. The maximum atomic E-state index is 14.5. The lowest BCUT2D eigenvalue weighted by Crippen LogP contribution is -2.48. The molecule has 1 aliphatic rings. The van der Waals surface area contributed by atoms with Crippen LogP contribution in [0.5, 0.6) is 0 Å². The lowest BCUT2D eigenvalue weighted by atomic mass is 10.0. The molecule has 0 radical (unpaired) electrons. The highest BCUT2D eigenvalue weighted by Crippen LogP contribution is 2.28. The zero-order chi connectivity index (χ0) is 19.7. The maximum absolute atomic E-state index is 14.5. The van der Waals surface area contributed by atoms with E-state index < -0.39 is 23.8 Å². The summed E-state index contributed by atoms with van der Waals surface area (Å²) in [6.45, 7) is 1.35. The van der Waals surface area contributed by atoms with Crippen LogP contribution < -0.4 is 10.6 Å². The summed E-state index contributed by atoms with van der Waals surface area (Å²) in [5, 5.41) is 6.26. The number of halogens is 4. The van der Waals surface area contributed by atoms with Gasteiger partial charge in [-0.25, -0.2) is 18.2 Å². The molecular formula is C20H20F4N4. The third-order valence-corrected chi connectivity index (χ3v) is 5.10. The van der Waals surface area contributed by atoms with Crippen LogP contribution in [0.3, 0.4) is 0 Å². The SMILES string of the molecule is Fc1cc(Cn2cc(CNC3CCNCC3F)c3c(F)ccc(F)c32)ccn1. The van der Waals surface area contributed by atoms with Crippen molar-refractivity contribution >= 4 is 10.9 Å². The van der Waals surface area contributed by atoms with Crippen LogP contribution >= 0.6 is 0 Å². The molecule has 4 nitrogen and oxygen atoms in total. The number of aromatic nitrogens is 2. The first kappa shape index (κ1) is 18.9. The number of piperidine rings is 1. The van der Waals surface area contributed by atoms with E-state index in [1.807, 2.05) is 0 Å². The van der Waals surface area contributed by atoms with Crippen molar-refractivity contribution in [3.05, 3.63) is 65.4 Å². The van der Waals surface area contributed by atoms with Gasteiger partial charge in [-0.15, -0.1) is 0 Å². The van der Waals surface area contributed by atoms with E-state index in [2.05, 4.69) is 15.6 Å². The van der Waals surface area contributed by atoms with Gasteiger partial charge in [0.1, 0.15) is 17.8 Å². The second-order valence-corrected chi connectivity index (χ2v) is 7.02. The quantitative estimate of drug-likeness (QED) is 0.517. The molecule has 0 bridgehead atoms. The fourth-order valence-corrected chi connectivity index (χ4v) is 3.73. The maximum Gasteiger partial charge on any atom is 0.213 e. The number of pyridine rings is 1. The largest absolute Gasteiger partial charge is 0.340 e. The molecule has 148 valence electrons. The number of hydrogen-bond acceptors (Lipinski definition) is 3. The first-order valence-electron chi connectivity index (χ1n) is 9.17. The molecule has 1 aromatic carbocycles. The Morgan fingerprint density at radius 2 is 2.00 bits per heavy atom. The molecule has 8 heteroatoms. The summed E-state index contributed by atoms with van der Waals surface area (Å²) < 4.78 is 58.0. The molecule has 3 heterocycles. The topological polar surface area (TPSA) is 41.9 Å². The van der Waals surface area contributed by atoms with Crippen LogP contribution in [-0.2, 0) is 13.1 Å². The lowest BCUT2D eigenvalue weighted by Gasteiger charge is -2.27. The van der Waals surface area contributed by atoms with Gasteiger partial charge in [0.15, 0.2) is 0 Å². The molecule has 2 N–H and O–H groups in total. The fraction of sp³-hybridized carbons (Fsp3) is 0.350. The average Bonchev–Trinajstić information content (AvgIpc) is 3.03. The van der Waals surface area contributed by atoms with Crippen molar-refractivity contribution < 1.29 is 17.6 Å². The number of rotatable bonds is 5. The number of benzene rings is 1. The minimum absolute atomic E-state index is 0.108. The van der Waals surface area contributed by atoms with Gasteiger partial charge in [-0.3, -0.25) is 0 Å². The Labute approximate surface area is 159 Å². The van der Waals surface area contributed by atoms with Crippen molar-refractivity contribution in [2.24, 2.45) is 0 Å². The number of nitrogens with one attached hydrogen (secondary N) is 2. The molecule has 0 saturated carbocycles. The molecule has 0 amide bonds. The molecular weight excluding hydrogens is 372 g/mol. The third-order valence-electron chi connectivity index (χ3n) is 5.10. The smallest absolute Gasteiger partial charge is 0.213 e. The summed E-state index contributed by atoms with van der Waals surface area (Å²) in [5.74, 6) is -1.75. The van der Waals surface area contributed by atoms with Gasteiger partial charge in [-0.05, 0) is 48.4 Å². The fourth-order valence-electron chi connectivity index (χ4n) is 3.73. The van der Waals surface area contributed by atoms with Gasteiger partial charge in [-0.2, -0.15) is 4.39 Å². The van der Waals surface area contributed by atoms with E-state index in [1.54, 1.807) is 16.8 Å². The summed E-state index contributed by atoms with van der Waals surface area (Å²) >= 11 is 0. The number of alkyl halides is 1. The number of nitrogens with zero attached hydrogens (tertiary/aromatic N) is 2. The molecule has 0 spiro atoms. The van der Waals surface area contributed by atoms with E-state index >= 15 is 0 Å². The van der Waals surface area contributed by atoms with Crippen LogP contribution in [0.2, 0.25) is 0 Å². The molecule has 2 aromatic heterocycles. The van der Waals surface area contributed by atoms with Gasteiger partial charge in [0.05, 0.1) is 5.52 Å². The molecule has 2 atom stereocenters. The van der Waals surface area contributed by atoms with Crippen LogP contribution in [0, 0.1) is 17.6 Å². The monoisotopic (exact) mass is 392 g/mol. The van der Waals surface area contributed by atoms with Crippen LogP contribution in [0.15, 0.2) is 36.7 Å². The normalized spacial score (nSPS) is 20.0. The van der Waals surface area contributed by atoms with Crippen molar-refractivity contribution in [2.75, 3.05) is 13.1 Å². The van der Waals surface area contributed by atoms with Crippen molar-refractivity contribution in [1.82, 2.24) is 20.2 Å². The van der Waals surface area contributed by atoms with Gasteiger partial charge in [0.2, 0.25) is 5.95 Å². The molecule has 1 saturated heterocycles. The lowest BCUT2D eigenvalue weighted by molar-refractivity contribution is 0.202. The molecule has 4 rings (SSSR count). The van der Waals surface area contributed by atoms with Crippen LogP contribution in [0.1, 0.15) is 17.5 Å². The van der Waals surface area contributed by atoms with E-state index in [0.717, 1.165) is 12.1 Å². The molecule has 3 aromatic rings.